The maximum absolute atomic E-state index is 12.7. The number of carbonyl (C=O) groups excluding carboxylic acids is 1. The van der Waals surface area contributed by atoms with Crippen molar-refractivity contribution in [2.45, 2.75) is 13.0 Å². The van der Waals surface area contributed by atoms with Crippen molar-refractivity contribution in [2.24, 2.45) is 0 Å². The highest BCUT2D eigenvalue weighted by atomic mass is 16.5. The van der Waals surface area contributed by atoms with Gasteiger partial charge in [0.2, 0.25) is 0 Å². The number of benzene rings is 2. The second-order valence-electron chi connectivity index (χ2n) is 6.66. The first-order chi connectivity index (χ1) is 13.6. The van der Waals surface area contributed by atoms with Crippen LogP contribution in [0.15, 0.2) is 84.6 Å². The van der Waals surface area contributed by atoms with Crippen LogP contribution in [0, 0.1) is 6.92 Å². The number of aryl methyl sites for hydroxylation is 1. The van der Waals surface area contributed by atoms with Crippen molar-refractivity contribution in [1.82, 2.24) is 4.98 Å². The molecule has 5 heteroatoms. The van der Waals surface area contributed by atoms with Crippen LogP contribution < -0.4 is 4.90 Å². The van der Waals surface area contributed by atoms with Gasteiger partial charge in [0.15, 0.2) is 6.73 Å². The number of aliphatic hydroxyl groups excluding tert-OH is 1. The second kappa shape index (κ2) is 7.56. The highest BCUT2D eigenvalue weighted by molar-refractivity contribution is 5.99. The zero-order chi connectivity index (χ0) is 19.5. The second-order valence-corrected chi connectivity index (χ2v) is 6.66. The van der Waals surface area contributed by atoms with Crippen LogP contribution >= 0.6 is 0 Å². The van der Waals surface area contributed by atoms with Crippen molar-refractivity contribution in [2.75, 3.05) is 11.6 Å². The molecule has 1 unspecified atom stereocenters. The Morgan fingerprint density at radius 2 is 1.75 bits per heavy atom. The predicted octanol–water partition coefficient (Wildman–Crippen LogP) is 4.42. The highest BCUT2D eigenvalue weighted by Crippen LogP contribution is 2.38. The first-order valence-electron chi connectivity index (χ1n) is 9.05. The summed E-state index contributed by atoms with van der Waals surface area (Å²) in [6.45, 7) is 2.03. The Labute approximate surface area is 163 Å². The van der Waals surface area contributed by atoms with Gasteiger partial charge < -0.3 is 14.7 Å². The molecule has 0 bridgehead atoms. The van der Waals surface area contributed by atoms with Crippen molar-refractivity contribution in [1.29, 1.82) is 0 Å². The first kappa shape index (κ1) is 17.8. The fraction of sp³-hybridized carbons (Fsp3) is 0.130. The van der Waals surface area contributed by atoms with Crippen LogP contribution in [0.25, 0.3) is 5.76 Å². The topological polar surface area (TPSA) is 62.7 Å². The minimum Gasteiger partial charge on any atom is -0.507 e. The van der Waals surface area contributed by atoms with E-state index in [1.807, 2.05) is 72.5 Å². The standard InChI is InChI=1S/C23H20N2O3/c1-16-10-12-18(13-11-16)22(26)20-21(17-7-3-2-4-8-17)25(15-28-23(20)27)19-9-5-6-14-24-19/h2-14,21,26H,15H2,1H3. The van der Waals surface area contributed by atoms with Crippen LogP contribution in [0.1, 0.15) is 22.7 Å². The molecule has 28 heavy (non-hydrogen) atoms. The Morgan fingerprint density at radius 3 is 2.43 bits per heavy atom. The summed E-state index contributed by atoms with van der Waals surface area (Å²) >= 11 is 0. The van der Waals surface area contributed by atoms with E-state index in [0.717, 1.165) is 11.1 Å². The minimum absolute atomic E-state index is 0.0556. The minimum atomic E-state index is -0.529. The smallest absolute Gasteiger partial charge is 0.342 e. The lowest BCUT2D eigenvalue weighted by Crippen LogP contribution is -2.41. The Bertz CT molecular complexity index is 999. The summed E-state index contributed by atoms with van der Waals surface area (Å²) in [5.41, 5.74) is 2.72. The molecule has 1 atom stereocenters. The summed E-state index contributed by atoms with van der Waals surface area (Å²) in [6, 6.07) is 22.0. The van der Waals surface area contributed by atoms with Crippen molar-refractivity contribution < 1.29 is 14.6 Å². The van der Waals surface area contributed by atoms with E-state index in [0.29, 0.717) is 11.4 Å². The van der Waals surface area contributed by atoms with Crippen LogP contribution in [0.4, 0.5) is 5.82 Å². The monoisotopic (exact) mass is 372 g/mol. The number of aromatic nitrogens is 1. The molecule has 1 fully saturated rings. The number of carbonyl (C=O) groups is 1. The summed E-state index contributed by atoms with van der Waals surface area (Å²) in [6.07, 6.45) is 1.69. The van der Waals surface area contributed by atoms with Crippen LogP contribution in [0.5, 0.6) is 0 Å². The predicted molar refractivity (Wildman–Crippen MR) is 108 cm³/mol. The fourth-order valence-electron chi connectivity index (χ4n) is 3.35. The Kier molecular flexibility index (Phi) is 4.81. The number of nitrogens with zero attached hydrogens (tertiary/aromatic N) is 2. The van der Waals surface area contributed by atoms with E-state index >= 15 is 0 Å². The lowest BCUT2D eigenvalue weighted by Gasteiger charge is -2.37. The first-order valence-corrected chi connectivity index (χ1v) is 9.05. The van der Waals surface area contributed by atoms with Crippen LogP contribution in [0.3, 0.4) is 0 Å². The van der Waals surface area contributed by atoms with Crippen LogP contribution in [-0.4, -0.2) is 22.8 Å². The van der Waals surface area contributed by atoms with Crippen LogP contribution in [-0.2, 0) is 9.53 Å². The van der Waals surface area contributed by atoms with E-state index in [1.165, 1.54) is 0 Å². The number of hydrogen-bond acceptors (Lipinski definition) is 5. The molecule has 0 aliphatic carbocycles. The number of esters is 1. The van der Waals surface area contributed by atoms with Crippen molar-refractivity contribution in [3.8, 4) is 0 Å². The maximum Gasteiger partial charge on any atom is 0.342 e. The Morgan fingerprint density at radius 1 is 1.04 bits per heavy atom. The van der Waals surface area contributed by atoms with Crippen LogP contribution in [0.2, 0.25) is 0 Å². The summed E-state index contributed by atoms with van der Waals surface area (Å²) in [4.78, 5) is 19.0. The number of hydrogen-bond donors (Lipinski definition) is 1. The Balaban J connectivity index is 1.89. The zero-order valence-corrected chi connectivity index (χ0v) is 15.4. The van der Waals surface area contributed by atoms with Gasteiger partial charge in [-0.05, 0) is 24.6 Å². The third kappa shape index (κ3) is 3.34. The van der Waals surface area contributed by atoms with Crippen molar-refractivity contribution in [3.63, 3.8) is 0 Å². The molecule has 5 nitrogen and oxygen atoms in total. The average molecular weight is 372 g/mol. The van der Waals surface area contributed by atoms with Gasteiger partial charge in [0.25, 0.3) is 0 Å². The molecule has 1 aromatic heterocycles. The molecule has 4 rings (SSSR count). The quantitative estimate of drug-likeness (QED) is 0.419. The molecule has 1 N–H and O–H groups in total. The van der Waals surface area contributed by atoms with Gasteiger partial charge in [-0.1, -0.05) is 66.2 Å². The molecule has 0 spiro atoms. The average Bonchev–Trinajstić information content (AvgIpc) is 2.75. The summed E-state index contributed by atoms with van der Waals surface area (Å²) in [7, 11) is 0. The number of cyclic esters (lactones) is 1. The molecular formula is C23H20N2O3. The van der Waals surface area contributed by atoms with Gasteiger partial charge in [-0.2, -0.15) is 0 Å². The lowest BCUT2D eigenvalue weighted by molar-refractivity contribution is -0.141. The van der Waals surface area contributed by atoms with Crippen molar-refractivity contribution >= 4 is 17.5 Å². The Hall–Kier alpha value is -3.60. The van der Waals surface area contributed by atoms with Gasteiger partial charge in [0.05, 0.1) is 6.04 Å². The SMILES string of the molecule is Cc1ccc(C(O)=C2C(=O)OCN(c3ccccn3)C2c2ccccc2)cc1. The summed E-state index contributed by atoms with van der Waals surface area (Å²) in [5, 5.41) is 11.0. The number of aliphatic hydroxyl groups is 1. The zero-order valence-electron chi connectivity index (χ0n) is 15.4. The van der Waals surface area contributed by atoms with Gasteiger partial charge in [0.1, 0.15) is 17.2 Å². The maximum atomic E-state index is 12.7. The highest BCUT2D eigenvalue weighted by Gasteiger charge is 2.38. The van der Waals surface area contributed by atoms with E-state index in [-0.39, 0.29) is 18.1 Å². The number of pyridine rings is 1. The lowest BCUT2D eigenvalue weighted by atomic mass is 9.93. The van der Waals surface area contributed by atoms with Gasteiger partial charge in [-0.15, -0.1) is 0 Å². The molecule has 1 aliphatic rings. The van der Waals surface area contributed by atoms with Gasteiger partial charge in [-0.3, -0.25) is 0 Å². The molecule has 140 valence electrons. The number of anilines is 1. The third-order valence-electron chi connectivity index (χ3n) is 4.78. The number of ether oxygens (including phenoxy) is 1. The van der Waals surface area contributed by atoms with E-state index in [9.17, 15) is 9.90 Å². The van der Waals surface area contributed by atoms with E-state index in [1.54, 1.807) is 18.3 Å². The van der Waals surface area contributed by atoms with Crippen molar-refractivity contribution in [3.05, 3.63) is 101 Å². The molecule has 0 amide bonds. The van der Waals surface area contributed by atoms with E-state index in [4.69, 9.17) is 4.74 Å². The van der Waals surface area contributed by atoms with Gasteiger partial charge in [0, 0.05) is 11.8 Å². The molecule has 2 aromatic carbocycles. The molecule has 2 heterocycles. The molecule has 1 saturated heterocycles. The number of rotatable bonds is 3. The third-order valence-corrected chi connectivity index (χ3v) is 4.78. The summed E-state index contributed by atoms with van der Waals surface area (Å²) in [5.74, 6) is 0.0525. The molecular weight excluding hydrogens is 352 g/mol. The molecule has 1 aliphatic heterocycles. The van der Waals surface area contributed by atoms with E-state index in [2.05, 4.69) is 4.98 Å². The fourth-order valence-corrected chi connectivity index (χ4v) is 3.35. The molecule has 0 radical (unpaired) electrons. The molecule has 3 aromatic rings. The molecule has 0 saturated carbocycles. The largest absolute Gasteiger partial charge is 0.507 e. The van der Waals surface area contributed by atoms with Gasteiger partial charge >= 0.3 is 5.97 Å². The van der Waals surface area contributed by atoms with Gasteiger partial charge in [-0.25, -0.2) is 9.78 Å². The summed E-state index contributed by atoms with van der Waals surface area (Å²) < 4.78 is 5.40. The normalized spacial score (nSPS) is 18.5. The van der Waals surface area contributed by atoms with E-state index < -0.39 is 12.0 Å².